The van der Waals surface area contributed by atoms with Crippen LogP contribution >= 0.6 is 11.3 Å². The lowest BCUT2D eigenvalue weighted by atomic mass is 10.1. The van der Waals surface area contributed by atoms with E-state index in [-0.39, 0.29) is 24.5 Å². The van der Waals surface area contributed by atoms with Crippen LogP contribution in [0.1, 0.15) is 29.8 Å². The third-order valence-corrected chi connectivity index (χ3v) is 4.69. The van der Waals surface area contributed by atoms with Crippen molar-refractivity contribution in [3.05, 3.63) is 40.2 Å². The minimum absolute atomic E-state index is 0.0496. The highest BCUT2D eigenvalue weighted by atomic mass is 32.1. The van der Waals surface area contributed by atoms with Gasteiger partial charge in [-0.1, -0.05) is 0 Å². The van der Waals surface area contributed by atoms with Crippen LogP contribution in [0.4, 0.5) is 5.69 Å². The molecule has 2 amide bonds. The molecular weight excluding hydrogens is 326 g/mol. The van der Waals surface area contributed by atoms with Crippen molar-refractivity contribution < 1.29 is 14.3 Å². The van der Waals surface area contributed by atoms with Crippen molar-refractivity contribution in [3.63, 3.8) is 0 Å². The lowest BCUT2D eigenvalue weighted by Crippen LogP contribution is -2.39. The topological polar surface area (TPSA) is 71.5 Å². The molecule has 1 aliphatic rings. The van der Waals surface area contributed by atoms with Crippen LogP contribution in [0.5, 0.6) is 5.88 Å². The highest BCUT2D eigenvalue weighted by molar-refractivity contribution is 7.07. The summed E-state index contributed by atoms with van der Waals surface area (Å²) in [6.07, 6.45) is 2.31. The normalized spacial score (nSPS) is 14.3. The Kier molecular flexibility index (Phi) is 4.80. The quantitative estimate of drug-likeness (QED) is 0.904. The number of fused-ring (bicyclic) bond motifs is 1. The second-order valence-electron chi connectivity index (χ2n) is 5.69. The summed E-state index contributed by atoms with van der Waals surface area (Å²) in [5.41, 5.74) is 2.11. The molecule has 2 aromatic rings. The van der Waals surface area contributed by atoms with E-state index in [1.807, 2.05) is 24.1 Å². The van der Waals surface area contributed by atoms with Crippen molar-refractivity contribution in [2.75, 3.05) is 18.5 Å². The van der Waals surface area contributed by atoms with E-state index in [0.29, 0.717) is 23.7 Å². The molecule has 0 saturated carbocycles. The second kappa shape index (κ2) is 7.00. The van der Waals surface area contributed by atoms with Crippen molar-refractivity contribution in [2.45, 2.75) is 26.3 Å². The Hall–Kier alpha value is -2.41. The number of pyridine rings is 1. The van der Waals surface area contributed by atoms with Crippen molar-refractivity contribution >= 4 is 28.8 Å². The van der Waals surface area contributed by atoms with E-state index < -0.39 is 0 Å². The van der Waals surface area contributed by atoms with Crippen LogP contribution in [0.25, 0.3) is 0 Å². The predicted molar refractivity (Wildman–Crippen MR) is 92.6 cm³/mol. The van der Waals surface area contributed by atoms with Gasteiger partial charge in [0, 0.05) is 18.8 Å². The SMILES string of the molecule is CCN(C(=O)c1cnc2c(c1)NC(=O)CO2)C(C)Cc1ccsc1. The van der Waals surface area contributed by atoms with Gasteiger partial charge in [0.15, 0.2) is 6.61 Å². The molecule has 1 atom stereocenters. The molecular formula is C17H19N3O3S. The lowest BCUT2D eigenvalue weighted by Gasteiger charge is -2.28. The Morgan fingerprint density at radius 2 is 2.38 bits per heavy atom. The summed E-state index contributed by atoms with van der Waals surface area (Å²) >= 11 is 1.65. The van der Waals surface area contributed by atoms with Crippen molar-refractivity contribution in [1.29, 1.82) is 0 Å². The number of carbonyl (C=O) groups excluding carboxylic acids is 2. The number of carbonyl (C=O) groups is 2. The molecule has 7 heteroatoms. The number of hydrogen-bond donors (Lipinski definition) is 1. The largest absolute Gasteiger partial charge is 0.466 e. The molecule has 126 valence electrons. The summed E-state index contributed by atoms with van der Waals surface area (Å²) in [7, 11) is 0. The lowest BCUT2D eigenvalue weighted by molar-refractivity contribution is -0.118. The number of hydrogen-bond acceptors (Lipinski definition) is 5. The van der Waals surface area contributed by atoms with Gasteiger partial charge in [0.25, 0.3) is 11.8 Å². The van der Waals surface area contributed by atoms with Crippen LogP contribution in [-0.2, 0) is 11.2 Å². The molecule has 1 aliphatic heterocycles. The number of anilines is 1. The second-order valence-corrected chi connectivity index (χ2v) is 6.47. The van der Waals surface area contributed by atoms with Crippen LogP contribution < -0.4 is 10.1 Å². The summed E-state index contributed by atoms with van der Waals surface area (Å²) in [4.78, 5) is 30.2. The number of likely N-dealkylation sites (N-methyl/N-ethyl adjacent to an activating group) is 1. The first-order valence-corrected chi connectivity index (χ1v) is 8.77. The van der Waals surface area contributed by atoms with Gasteiger partial charge in [-0.05, 0) is 48.7 Å². The molecule has 24 heavy (non-hydrogen) atoms. The number of nitrogens with zero attached hydrogens (tertiary/aromatic N) is 2. The molecule has 0 aromatic carbocycles. The number of thiophene rings is 1. The number of aromatic nitrogens is 1. The number of ether oxygens (including phenoxy) is 1. The van der Waals surface area contributed by atoms with E-state index in [9.17, 15) is 9.59 Å². The molecule has 6 nitrogen and oxygen atoms in total. The molecule has 0 spiro atoms. The summed E-state index contributed by atoms with van der Waals surface area (Å²) in [6, 6.07) is 3.77. The van der Waals surface area contributed by atoms with Crippen LogP contribution in [-0.4, -0.2) is 40.9 Å². The summed E-state index contributed by atoms with van der Waals surface area (Å²) in [5, 5.41) is 6.82. The molecule has 0 fully saturated rings. The summed E-state index contributed by atoms with van der Waals surface area (Å²) in [5.74, 6) is 0.00273. The van der Waals surface area contributed by atoms with E-state index in [1.165, 1.54) is 11.8 Å². The average molecular weight is 345 g/mol. The minimum atomic E-state index is -0.243. The van der Waals surface area contributed by atoms with Gasteiger partial charge >= 0.3 is 0 Å². The van der Waals surface area contributed by atoms with Crippen LogP contribution in [0.2, 0.25) is 0 Å². The van der Waals surface area contributed by atoms with Gasteiger partial charge in [-0.3, -0.25) is 9.59 Å². The maximum atomic E-state index is 12.8. The minimum Gasteiger partial charge on any atom is -0.466 e. The molecule has 0 radical (unpaired) electrons. The van der Waals surface area contributed by atoms with Gasteiger partial charge in [0.05, 0.1) is 5.56 Å². The Balaban J connectivity index is 1.78. The predicted octanol–water partition coefficient (Wildman–Crippen LogP) is 2.57. The van der Waals surface area contributed by atoms with Crippen LogP contribution in [0.3, 0.4) is 0 Å². The van der Waals surface area contributed by atoms with Crippen molar-refractivity contribution in [2.24, 2.45) is 0 Å². The van der Waals surface area contributed by atoms with Gasteiger partial charge in [-0.15, -0.1) is 0 Å². The van der Waals surface area contributed by atoms with Gasteiger partial charge < -0.3 is 15.0 Å². The van der Waals surface area contributed by atoms with Crippen LogP contribution in [0.15, 0.2) is 29.1 Å². The monoisotopic (exact) mass is 345 g/mol. The van der Waals surface area contributed by atoms with Crippen LogP contribution in [0, 0.1) is 0 Å². The van der Waals surface area contributed by atoms with E-state index in [4.69, 9.17) is 4.74 Å². The fraction of sp³-hybridized carbons (Fsp3) is 0.353. The summed E-state index contributed by atoms with van der Waals surface area (Å²) < 4.78 is 5.23. The highest BCUT2D eigenvalue weighted by Gasteiger charge is 2.24. The average Bonchev–Trinajstić information content (AvgIpc) is 3.07. The number of nitrogens with one attached hydrogen (secondary N) is 1. The van der Waals surface area contributed by atoms with Crippen molar-refractivity contribution in [1.82, 2.24) is 9.88 Å². The van der Waals surface area contributed by atoms with Gasteiger partial charge in [0.2, 0.25) is 5.88 Å². The van der Waals surface area contributed by atoms with Crippen molar-refractivity contribution in [3.8, 4) is 5.88 Å². The molecule has 3 rings (SSSR count). The van der Waals surface area contributed by atoms with E-state index in [0.717, 1.165) is 6.42 Å². The Labute approximate surface area is 144 Å². The standard InChI is InChI=1S/C17H19N3O3S/c1-3-20(11(2)6-12-4-5-24-10-12)17(22)13-7-14-16(18-8-13)23-9-15(21)19-14/h4-5,7-8,10-11H,3,6,9H2,1-2H3,(H,19,21). The molecule has 0 bridgehead atoms. The summed E-state index contributed by atoms with van der Waals surface area (Å²) in [6.45, 7) is 4.55. The number of amides is 2. The Morgan fingerprint density at radius 1 is 1.54 bits per heavy atom. The van der Waals surface area contributed by atoms with E-state index >= 15 is 0 Å². The number of rotatable bonds is 5. The molecule has 2 aromatic heterocycles. The van der Waals surface area contributed by atoms with E-state index in [1.54, 1.807) is 17.4 Å². The first-order valence-electron chi connectivity index (χ1n) is 7.83. The maximum Gasteiger partial charge on any atom is 0.262 e. The first kappa shape index (κ1) is 16.4. The zero-order valence-electron chi connectivity index (χ0n) is 13.6. The van der Waals surface area contributed by atoms with E-state index in [2.05, 4.69) is 21.7 Å². The fourth-order valence-corrected chi connectivity index (χ4v) is 3.46. The van der Waals surface area contributed by atoms with Gasteiger partial charge in [0.1, 0.15) is 5.69 Å². The van der Waals surface area contributed by atoms with Gasteiger partial charge in [-0.2, -0.15) is 11.3 Å². The molecule has 3 heterocycles. The molecule has 1 N–H and O–H groups in total. The highest BCUT2D eigenvalue weighted by Crippen LogP contribution is 2.26. The maximum absolute atomic E-state index is 12.8. The fourth-order valence-electron chi connectivity index (χ4n) is 2.78. The third-order valence-electron chi connectivity index (χ3n) is 3.96. The zero-order valence-corrected chi connectivity index (χ0v) is 14.4. The molecule has 1 unspecified atom stereocenters. The Bertz CT molecular complexity index is 746. The molecule has 0 aliphatic carbocycles. The first-order chi connectivity index (χ1) is 11.6. The zero-order chi connectivity index (χ0) is 17.1. The van der Waals surface area contributed by atoms with Gasteiger partial charge in [-0.25, -0.2) is 4.98 Å². The molecule has 0 saturated heterocycles. The smallest absolute Gasteiger partial charge is 0.262 e. The Morgan fingerprint density at radius 3 is 3.08 bits per heavy atom. The third kappa shape index (κ3) is 3.41.